The summed E-state index contributed by atoms with van der Waals surface area (Å²) in [4.78, 5) is 24.4. The molecule has 34 heavy (non-hydrogen) atoms. The van der Waals surface area contributed by atoms with Crippen molar-refractivity contribution in [3.05, 3.63) is 88.7 Å². The van der Waals surface area contributed by atoms with Gasteiger partial charge in [0.05, 0.1) is 12.8 Å². The largest absolute Gasteiger partial charge is 0.493 e. The number of methoxy groups -OCH3 is 1. The van der Waals surface area contributed by atoms with Gasteiger partial charge in [-0.1, -0.05) is 30.3 Å². The van der Waals surface area contributed by atoms with Gasteiger partial charge in [-0.3, -0.25) is 9.59 Å². The molecule has 0 saturated heterocycles. The Balaban J connectivity index is 1.65. The topological polar surface area (TPSA) is 89.0 Å². The molecule has 0 aliphatic rings. The highest BCUT2D eigenvalue weighted by atomic mass is 19.1. The van der Waals surface area contributed by atoms with E-state index in [0.29, 0.717) is 34.0 Å². The highest BCUT2D eigenvalue weighted by Crippen LogP contribution is 2.29. The number of hydrogen-bond acceptors (Lipinski definition) is 5. The van der Waals surface area contributed by atoms with E-state index in [-0.39, 0.29) is 12.4 Å². The first-order valence-electron chi connectivity index (χ1n) is 10.6. The second-order valence-electron chi connectivity index (χ2n) is 7.66. The van der Waals surface area contributed by atoms with Crippen LogP contribution in [0, 0.1) is 19.7 Å². The highest BCUT2D eigenvalue weighted by molar-refractivity contribution is 6.39. The number of halogens is 1. The zero-order valence-corrected chi connectivity index (χ0v) is 19.4. The van der Waals surface area contributed by atoms with E-state index in [0.717, 1.165) is 11.1 Å². The number of anilines is 1. The Morgan fingerprint density at radius 1 is 0.971 bits per heavy atom. The molecule has 7 nitrogen and oxygen atoms in total. The predicted octanol–water partition coefficient (Wildman–Crippen LogP) is 4.51. The number of benzene rings is 3. The van der Waals surface area contributed by atoms with Gasteiger partial charge >= 0.3 is 11.8 Å². The normalized spacial score (nSPS) is 11.0. The molecule has 0 fully saturated rings. The molecule has 0 aromatic heterocycles. The third kappa shape index (κ3) is 6.19. The monoisotopic (exact) mass is 463 g/mol. The molecule has 8 heteroatoms. The van der Waals surface area contributed by atoms with Crippen LogP contribution in [0.2, 0.25) is 0 Å². The Labute approximate surface area is 197 Å². The molecule has 0 radical (unpaired) electrons. The van der Waals surface area contributed by atoms with E-state index >= 15 is 0 Å². The fraction of sp³-hybridized carbons (Fsp3) is 0.192. The van der Waals surface area contributed by atoms with Crippen molar-refractivity contribution in [2.24, 2.45) is 5.10 Å². The number of aryl methyl sites for hydroxylation is 2. The standard InChI is InChI=1S/C26H26FN3O4/c1-16-9-10-17(2)22(13-16)28-25(31)26(32)30-29-18(3)19-11-12-23(24(14-19)33-4)34-15-20-7-5-6-8-21(20)27/h5-14H,15H2,1-4H3,(H,28,31)(H,30,32)/b29-18+. The molecule has 2 amide bonds. The fourth-order valence-electron chi connectivity index (χ4n) is 3.08. The lowest BCUT2D eigenvalue weighted by Gasteiger charge is -2.13. The van der Waals surface area contributed by atoms with Gasteiger partial charge < -0.3 is 14.8 Å². The zero-order valence-electron chi connectivity index (χ0n) is 19.4. The molecule has 2 N–H and O–H groups in total. The summed E-state index contributed by atoms with van der Waals surface area (Å²) < 4.78 is 24.9. The van der Waals surface area contributed by atoms with Gasteiger partial charge in [-0.15, -0.1) is 0 Å². The summed E-state index contributed by atoms with van der Waals surface area (Å²) >= 11 is 0. The molecule has 0 atom stereocenters. The second-order valence-corrected chi connectivity index (χ2v) is 7.66. The molecular weight excluding hydrogens is 437 g/mol. The molecule has 3 aromatic rings. The van der Waals surface area contributed by atoms with Crippen LogP contribution in [-0.2, 0) is 16.2 Å². The summed E-state index contributed by atoms with van der Waals surface area (Å²) in [5.41, 5.74) is 6.16. The minimum absolute atomic E-state index is 0.0427. The van der Waals surface area contributed by atoms with Crippen LogP contribution in [0.15, 0.2) is 65.8 Å². The lowest BCUT2D eigenvalue weighted by molar-refractivity contribution is -0.136. The first kappa shape index (κ1) is 24.4. The minimum atomic E-state index is -0.892. The molecule has 0 spiro atoms. The average Bonchev–Trinajstić information content (AvgIpc) is 2.83. The van der Waals surface area contributed by atoms with Gasteiger partial charge in [0.1, 0.15) is 12.4 Å². The third-order valence-electron chi connectivity index (χ3n) is 5.10. The van der Waals surface area contributed by atoms with E-state index < -0.39 is 11.8 Å². The van der Waals surface area contributed by atoms with E-state index in [1.807, 2.05) is 26.0 Å². The van der Waals surface area contributed by atoms with E-state index in [1.165, 1.54) is 13.2 Å². The van der Waals surface area contributed by atoms with Crippen molar-refractivity contribution in [1.29, 1.82) is 0 Å². The third-order valence-corrected chi connectivity index (χ3v) is 5.10. The SMILES string of the molecule is COc1cc(/C(C)=N/NC(=O)C(=O)Nc2cc(C)ccc2C)ccc1OCc1ccccc1F. The molecule has 0 aliphatic carbocycles. The summed E-state index contributed by atoms with van der Waals surface area (Å²) in [6.45, 7) is 5.46. The van der Waals surface area contributed by atoms with Crippen molar-refractivity contribution in [2.75, 3.05) is 12.4 Å². The van der Waals surface area contributed by atoms with Gasteiger partial charge in [-0.25, -0.2) is 9.82 Å². The number of amides is 2. The molecule has 0 unspecified atom stereocenters. The van der Waals surface area contributed by atoms with E-state index in [4.69, 9.17) is 9.47 Å². The summed E-state index contributed by atoms with van der Waals surface area (Å²) in [6, 6.07) is 17.0. The van der Waals surface area contributed by atoms with Crippen molar-refractivity contribution >= 4 is 23.2 Å². The first-order chi connectivity index (χ1) is 16.3. The summed E-state index contributed by atoms with van der Waals surface area (Å²) in [5, 5.41) is 6.61. The Kier molecular flexibility index (Phi) is 7.97. The molecule has 3 aromatic carbocycles. The quantitative estimate of drug-likeness (QED) is 0.307. The van der Waals surface area contributed by atoms with E-state index in [1.54, 1.807) is 49.4 Å². The van der Waals surface area contributed by atoms with Crippen molar-refractivity contribution in [1.82, 2.24) is 5.43 Å². The van der Waals surface area contributed by atoms with Crippen LogP contribution in [-0.4, -0.2) is 24.6 Å². The highest BCUT2D eigenvalue weighted by Gasteiger charge is 2.15. The van der Waals surface area contributed by atoms with Crippen LogP contribution in [0.3, 0.4) is 0 Å². The zero-order chi connectivity index (χ0) is 24.7. The maximum absolute atomic E-state index is 13.8. The van der Waals surface area contributed by atoms with Crippen molar-refractivity contribution in [3.63, 3.8) is 0 Å². The van der Waals surface area contributed by atoms with Crippen LogP contribution < -0.4 is 20.2 Å². The van der Waals surface area contributed by atoms with Crippen molar-refractivity contribution in [2.45, 2.75) is 27.4 Å². The lowest BCUT2D eigenvalue weighted by atomic mass is 10.1. The minimum Gasteiger partial charge on any atom is -0.493 e. The molecular formula is C26H26FN3O4. The molecule has 0 heterocycles. The second kappa shape index (κ2) is 11.1. The number of carbonyl (C=O) groups is 2. The predicted molar refractivity (Wildman–Crippen MR) is 129 cm³/mol. The number of ether oxygens (including phenoxy) is 2. The Morgan fingerprint density at radius 2 is 1.74 bits per heavy atom. The lowest BCUT2D eigenvalue weighted by Crippen LogP contribution is -2.33. The number of nitrogens with one attached hydrogen (secondary N) is 2. The van der Waals surface area contributed by atoms with Gasteiger partial charge in [0, 0.05) is 16.8 Å². The van der Waals surface area contributed by atoms with Crippen LogP contribution in [0.1, 0.15) is 29.2 Å². The Morgan fingerprint density at radius 3 is 2.47 bits per heavy atom. The maximum Gasteiger partial charge on any atom is 0.329 e. The molecule has 0 saturated carbocycles. The number of rotatable bonds is 7. The number of carbonyl (C=O) groups excluding carboxylic acids is 2. The van der Waals surface area contributed by atoms with Crippen molar-refractivity contribution < 1.29 is 23.5 Å². The fourth-order valence-corrected chi connectivity index (χ4v) is 3.08. The van der Waals surface area contributed by atoms with E-state index in [2.05, 4.69) is 15.8 Å². The molecule has 176 valence electrons. The molecule has 0 bridgehead atoms. The molecule has 0 aliphatic heterocycles. The molecule has 3 rings (SSSR count). The number of hydrogen-bond donors (Lipinski definition) is 2. The van der Waals surface area contributed by atoms with Crippen molar-refractivity contribution in [3.8, 4) is 11.5 Å². The number of nitrogens with zero attached hydrogens (tertiary/aromatic N) is 1. The summed E-state index contributed by atoms with van der Waals surface area (Å²) in [6.07, 6.45) is 0. The van der Waals surface area contributed by atoms with Crippen LogP contribution >= 0.6 is 0 Å². The van der Waals surface area contributed by atoms with Gasteiger partial charge in [0.15, 0.2) is 11.5 Å². The van der Waals surface area contributed by atoms with Gasteiger partial charge in [0.25, 0.3) is 0 Å². The van der Waals surface area contributed by atoms with Gasteiger partial charge in [0.2, 0.25) is 0 Å². The van der Waals surface area contributed by atoms with Gasteiger partial charge in [-0.2, -0.15) is 5.10 Å². The summed E-state index contributed by atoms with van der Waals surface area (Å²) in [7, 11) is 1.49. The van der Waals surface area contributed by atoms with Crippen LogP contribution in [0.5, 0.6) is 11.5 Å². The van der Waals surface area contributed by atoms with Crippen LogP contribution in [0.25, 0.3) is 0 Å². The average molecular weight is 464 g/mol. The Hall–Kier alpha value is -4.20. The smallest absolute Gasteiger partial charge is 0.329 e. The van der Waals surface area contributed by atoms with E-state index in [9.17, 15) is 14.0 Å². The van der Waals surface area contributed by atoms with Gasteiger partial charge in [-0.05, 0) is 62.2 Å². The summed E-state index contributed by atoms with van der Waals surface area (Å²) in [5.74, 6) is -1.21. The number of hydrazone groups is 1. The van der Waals surface area contributed by atoms with Crippen LogP contribution in [0.4, 0.5) is 10.1 Å². The maximum atomic E-state index is 13.8. The Bertz CT molecular complexity index is 1240. The first-order valence-corrected chi connectivity index (χ1v) is 10.6.